The summed E-state index contributed by atoms with van der Waals surface area (Å²) in [6, 6.07) is 17.9. The van der Waals surface area contributed by atoms with Crippen molar-refractivity contribution in [1.29, 1.82) is 0 Å². The van der Waals surface area contributed by atoms with Crippen LogP contribution in [0.3, 0.4) is 0 Å². The fourth-order valence-electron chi connectivity index (χ4n) is 7.11. The Morgan fingerprint density at radius 1 is 0.795 bits per heavy atom. The number of phenols is 2. The fraction of sp³-hybridized carbons (Fsp3) is 0.333. The van der Waals surface area contributed by atoms with Gasteiger partial charge in [-0.15, -0.1) is 0 Å². The highest BCUT2D eigenvalue weighted by atomic mass is 16.5. The molecular weight excluding hydrogens is 556 g/mol. The Labute approximate surface area is 257 Å². The number of hydrogen-bond acceptors (Lipinski definition) is 8. The van der Waals surface area contributed by atoms with Crippen LogP contribution in [0.5, 0.6) is 40.2 Å². The van der Waals surface area contributed by atoms with Crippen LogP contribution in [0.1, 0.15) is 45.5 Å². The summed E-state index contributed by atoms with van der Waals surface area (Å²) in [4.78, 5) is 2.30. The van der Waals surface area contributed by atoms with E-state index in [1.54, 1.807) is 27.4 Å². The average molecular weight is 595 g/mol. The van der Waals surface area contributed by atoms with E-state index in [-0.39, 0.29) is 23.6 Å². The van der Waals surface area contributed by atoms with Gasteiger partial charge in [0.2, 0.25) is 5.75 Å². The summed E-state index contributed by atoms with van der Waals surface area (Å²) in [6.07, 6.45) is 3.01. The molecule has 3 heterocycles. The van der Waals surface area contributed by atoms with Crippen LogP contribution in [0.2, 0.25) is 0 Å². The Morgan fingerprint density at radius 2 is 1.52 bits per heavy atom. The standard InChI is InChI=1S/C36H38N2O6/c1-38-12-10-23-18-33(43-4)35(40)36-34(23)28(38)16-21-6-8-30(41-2)26(14-21)25-13-20(5-7-29(25)39)15-27-24-19-32(44-36)31(42-3)17-22(24)9-11-37-27/h5-8,13-14,17-19,27-28,37,39-40H,9-12,15-16H2,1-4H3/t27-,28+/m0/s1. The lowest BCUT2D eigenvalue weighted by Crippen LogP contribution is -2.34. The second kappa shape index (κ2) is 11.3. The predicted octanol–water partition coefficient (Wildman–Crippen LogP) is 6.10. The zero-order valence-corrected chi connectivity index (χ0v) is 25.6. The lowest BCUT2D eigenvalue weighted by molar-refractivity contribution is 0.221. The second-order valence-electron chi connectivity index (χ2n) is 11.9. The number of phenolic OH excluding ortho intramolecular Hbond substituents is 2. The second-order valence-corrected chi connectivity index (χ2v) is 11.9. The van der Waals surface area contributed by atoms with Crippen LogP contribution in [-0.4, -0.2) is 56.6 Å². The van der Waals surface area contributed by atoms with Gasteiger partial charge in [-0.25, -0.2) is 0 Å². The summed E-state index contributed by atoms with van der Waals surface area (Å²) in [5, 5.41) is 26.4. The highest BCUT2D eigenvalue weighted by Gasteiger charge is 2.34. The van der Waals surface area contributed by atoms with Crippen LogP contribution in [0.25, 0.3) is 11.1 Å². The molecule has 7 rings (SSSR count). The van der Waals surface area contributed by atoms with Gasteiger partial charge in [-0.2, -0.15) is 0 Å². The number of ether oxygens (including phenoxy) is 4. The molecule has 0 unspecified atom stereocenters. The van der Waals surface area contributed by atoms with E-state index in [2.05, 4.69) is 47.6 Å². The largest absolute Gasteiger partial charge is 0.507 e. The molecule has 0 radical (unpaired) electrons. The van der Waals surface area contributed by atoms with Crippen molar-refractivity contribution in [2.45, 2.75) is 37.8 Å². The van der Waals surface area contributed by atoms with Gasteiger partial charge in [-0.3, -0.25) is 4.90 Å². The van der Waals surface area contributed by atoms with E-state index in [0.717, 1.165) is 64.9 Å². The molecule has 3 N–H and O–H groups in total. The van der Waals surface area contributed by atoms with Gasteiger partial charge >= 0.3 is 0 Å². The summed E-state index contributed by atoms with van der Waals surface area (Å²) >= 11 is 0. The minimum atomic E-state index is -0.0994. The molecule has 228 valence electrons. The van der Waals surface area contributed by atoms with Crippen molar-refractivity contribution in [1.82, 2.24) is 10.2 Å². The minimum absolute atomic E-state index is 0.0113. The molecule has 6 bridgehead atoms. The number of aromatic hydroxyl groups is 2. The number of fused-ring (bicyclic) bond motifs is 6. The van der Waals surface area contributed by atoms with E-state index in [4.69, 9.17) is 18.9 Å². The molecule has 0 fully saturated rings. The van der Waals surface area contributed by atoms with Crippen molar-refractivity contribution in [3.8, 4) is 51.4 Å². The van der Waals surface area contributed by atoms with Crippen LogP contribution in [0.4, 0.5) is 0 Å². The molecule has 8 nitrogen and oxygen atoms in total. The van der Waals surface area contributed by atoms with Crippen molar-refractivity contribution in [3.05, 3.63) is 88.0 Å². The summed E-state index contributed by atoms with van der Waals surface area (Å²) in [7, 11) is 6.97. The monoisotopic (exact) mass is 594 g/mol. The van der Waals surface area contributed by atoms with Crippen molar-refractivity contribution in [2.75, 3.05) is 41.5 Å². The molecule has 8 heteroatoms. The first-order chi connectivity index (χ1) is 21.4. The Hall–Kier alpha value is -4.40. The van der Waals surface area contributed by atoms with E-state index in [1.165, 1.54) is 5.56 Å². The third-order valence-electron chi connectivity index (χ3n) is 9.45. The molecule has 0 amide bonds. The first-order valence-electron chi connectivity index (χ1n) is 15.1. The van der Waals surface area contributed by atoms with Crippen LogP contribution >= 0.6 is 0 Å². The van der Waals surface area contributed by atoms with E-state index >= 15 is 0 Å². The number of likely N-dealkylation sites (N-methyl/N-ethyl adjacent to an activating group) is 1. The maximum absolute atomic E-state index is 11.6. The van der Waals surface area contributed by atoms with Gasteiger partial charge in [0.05, 0.1) is 21.3 Å². The number of methoxy groups -OCH3 is 3. The third kappa shape index (κ3) is 4.78. The smallest absolute Gasteiger partial charge is 0.201 e. The summed E-state index contributed by atoms with van der Waals surface area (Å²) < 4.78 is 24.0. The van der Waals surface area contributed by atoms with Gasteiger partial charge in [-0.05, 0) is 110 Å². The van der Waals surface area contributed by atoms with Crippen LogP contribution in [0.15, 0.2) is 54.6 Å². The molecule has 2 atom stereocenters. The molecule has 4 aromatic carbocycles. The normalized spacial score (nSPS) is 19.0. The van der Waals surface area contributed by atoms with Crippen LogP contribution in [-0.2, 0) is 25.7 Å². The SMILES string of the molecule is COc1cc2c3cc1Oc1c(O)c(OC)cc4c1[C@@H](Cc1ccc(OC)c(c1)-c1cc(ccc1O)C[C@@H]3NCC2)N(C)CC4. The van der Waals surface area contributed by atoms with Gasteiger partial charge in [0.1, 0.15) is 11.5 Å². The lowest BCUT2D eigenvalue weighted by atomic mass is 9.86. The van der Waals surface area contributed by atoms with Gasteiger partial charge in [0.25, 0.3) is 0 Å². The fourth-order valence-corrected chi connectivity index (χ4v) is 7.11. The third-order valence-corrected chi connectivity index (χ3v) is 9.45. The molecule has 4 aromatic rings. The van der Waals surface area contributed by atoms with Gasteiger partial charge in [0, 0.05) is 35.3 Å². The molecule has 0 spiro atoms. The number of hydrogen-bond donors (Lipinski definition) is 3. The maximum atomic E-state index is 11.6. The van der Waals surface area contributed by atoms with Crippen LogP contribution < -0.4 is 24.3 Å². The van der Waals surface area contributed by atoms with Crippen molar-refractivity contribution in [2.24, 2.45) is 0 Å². The Morgan fingerprint density at radius 3 is 2.32 bits per heavy atom. The molecule has 3 aliphatic heterocycles. The van der Waals surface area contributed by atoms with Gasteiger partial charge in [0.15, 0.2) is 23.0 Å². The quantitative estimate of drug-likeness (QED) is 0.262. The number of benzene rings is 4. The summed E-state index contributed by atoms with van der Waals surface area (Å²) in [5.74, 6) is 2.81. The van der Waals surface area contributed by atoms with E-state index in [9.17, 15) is 10.2 Å². The maximum Gasteiger partial charge on any atom is 0.201 e. The highest BCUT2D eigenvalue weighted by molar-refractivity contribution is 5.77. The minimum Gasteiger partial charge on any atom is -0.507 e. The molecular formula is C36H38N2O6. The predicted molar refractivity (Wildman–Crippen MR) is 169 cm³/mol. The number of nitrogens with one attached hydrogen (secondary N) is 1. The van der Waals surface area contributed by atoms with E-state index in [1.807, 2.05) is 18.2 Å². The molecule has 0 saturated heterocycles. The lowest BCUT2D eigenvalue weighted by Gasteiger charge is -2.36. The summed E-state index contributed by atoms with van der Waals surface area (Å²) in [5.41, 5.74) is 8.07. The highest BCUT2D eigenvalue weighted by Crippen LogP contribution is 2.51. The van der Waals surface area contributed by atoms with Crippen molar-refractivity contribution >= 4 is 0 Å². The molecule has 3 aliphatic rings. The summed E-state index contributed by atoms with van der Waals surface area (Å²) in [6.45, 7) is 1.67. The van der Waals surface area contributed by atoms with E-state index < -0.39 is 0 Å². The number of nitrogens with zero attached hydrogens (tertiary/aromatic N) is 1. The van der Waals surface area contributed by atoms with Crippen LogP contribution in [0, 0.1) is 0 Å². The Balaban J connectivity index is 1.50. The molecule has 0 aliphatic carbocycles. The Bertz CT molecular complexity index is 1750. The molecule has 0 saturated carbocycles. The first-order valence-corrected chi connectivity index (χ1v) is 15.1. The molecule has 44 heavy (non-hydrogen) atoms. The zero-order chi connectivity index (χ0) is 30.5. The first kappa shape index (κ1) is 28.4. The average Bonchev–Trinajstić information content (AvgIpc) is 3.03. The molecule has 0 aromatic heterocycles. The van der Waals surface area contributed by atoms with Gasteiger partial charge < -0.3 is 34.5 Å². The van der Waals surface area contributed by atoms with E-state index in [0.29, 0.717) is 41.6 Å². The van der Waals surface area contributed by atoms with Gasteiger partial charge in [-0.1, -0.05) is 12.1 Å². The van der Waals surface area contributed by atoms with Crippen molar-refractivity contribution in [3.63, 3.8) is 0 Å². The number of rotatable bonds is 3. The van der Waals surface area contributed by atoms with Crippen molar-refractivity contribution < 1.29 is 29.2 Å². The Kier molecular flexibility index (Phi) is 7.26. The zero-order valence-electron chi connectivity index (χ0n) is 25.6. The topological polar surface area (TPSA) is 92.7 Å².